The van der Waals surface area contributed by atoms with Gasteiger partial charge in [0.2, 0.25) is 0 Å². The Hall–Kier alpha value is -2.05. The fourth-order valence-electron chi connectivity index (χ4n) is 3.35. The minimum atomic E-state index is -0.108. The van der Waals surface area contributed by atoms with Gasteiger partial charge in [-0.1, -0.05) is 18.2 Å². The lowest BCUT2D eigenvalue weighted by Crippen LogP contribution is -2.43. The molecule has 1 atom stereocenters. The Bertz CT molecular complexity index is 690. The SMILES string of the molecule is COc1cccc(CNC(=O)NCC2CCCN(Cc3cccs3)C2)c1. The van der Waals surface area contributed by atoms with Gasteiger partial charge in [-0.2, -0.15) is 0 Å². The van der Waals surface area contributed by atoms with Crippen LogP contribution >= 0.6 is 11.3 Å². The lowest BCUT2D eigenvalue weighted by molar-refractivity contribution is 0.166. The summed E-state index contributed by atoms with van der Waals surface area (Å²) in [5.41, 5.74) is 1.03. The van der Waals surface area contributed by atoms with Gasteiger partial charge < -0.3 is 15.4 Å². The summed E-state index contributed by atoms with van der Waals surface area (Å²) in [7, 11) is 1.64. The van der Waals surface area contributed by atoms with E-state index in [1.165, 1.54) is 17.7 Å². The van der Waals surface area contributed by atoms with E-state index in [4.69, 9.17) is 4.74 Å². The number of likely N-dealkylation sites (tertiary alicyclic amines) is 1. The molecule has 0 saturated carbocycles. The second-order valence-corrected chi connectivity index (χ2v) is 7.77. The molecule has 26 heavy (non-hydrogen) atoms. The molecule has 1 aliphatic heterocycles. The summed E-state index contributed by atoms with van der Waals surface area (Å²) in [5, 5.41) is 8.08. The van der Waals surface area contributed by atoms with E-state index in [1.54, 1.807) is 7.11 Å². The van der Waals surface area contributed by atoms with Crippen LogP contribution < -0.4 is 15.4 Å². The molecule has 0 aliphatic carbocycles. The highest BCUT2D eigenvalue weighted by atomic mass is 32.1. The summed E-state index contributed by atoms with van der Waals surface area (Å²) in [4.78, 5) is 16.0. The van der Waals surface area contributed by atoms with Gasteiger partial charge in [0.15, 0.2) is 0 Å². The molecular formula is C20H27N3O2S. The minimum Gasteiger partial charge on any atom is -0.497 e. The number of nitrogens with one attached hydrogen (secondary N) is 2. The molecule has 1 fully saturated rings. The molecule has 1 aromatic carbocycles. The van der Waals surface area contributed by atoms with E-state index >= 15 is 0 Å². The Kier molecular flexibility index (Phi) is 6.91. The molecule has 2 N–H and O–H groups in total. The molecule has 1 saturated heterocycles. The van der Waals surface area contributed by atoms with Gasteiger partial charge in [0, 0.05) is 31.1 Å². The first kappa shape index (κ1) is 18.7. The van der Waals surface area contributed by atoms with Gasteiger partial charge in [0.05, 0.1) is 7.11 Å². The van der Waals surface area contributed by atoms with Gasteiger partial charge in [-0.3, -0.25) is 4.90 Å². The van der Waals surface area contributed by atoms with Crippen LogP contribution in [0.4, 0.5) is 4.79 Å². The monoisotopic (exact) mass is 373 g/mol. The molecule has 5 nitrogen and oxygen atoms in total. The van der Waals surface area contributed by atoms with Gasteiger partial charge in [0.1, 0.15) is 5.75 Å². The van der Waals surface area contributed by atoms with Crippen molar-refractivity contribution in [3.05, 3.63) is 52.2 Å². The zero-order valence-corrected chi connectivity index (χ0v) is 16.1. The number of methoxy groups -OCH3 is 1. The second-order valence-electron chi connectivity index (χ2n) is 6.74. The Morgan fingerprint density at radius 2 is 2.23 bits per heavy atom. The average molecular weight is 374 g/mol. The average Bonchev–Trinajstić information content (AvgIpc) is 3.18. The number of amides is 2. The second kappa shape index (κ2) is 9.59. The summed E-state index contributed by atoms with van der Waals surface area (Å²) in [6.07, 6.45) is 2.38. The normalized spacial score (nSPS) is 17.7. The molecule has 140 valence electrons. The Balaban J connectivity index is 1.38. The zero-order chi connectivity index (χ0) is 18.2. The summed E-state index contributed by atoms with van der Waals surface area (Å²) >= 11 is 1.81. The summed E-state index contributed by atoms with van der Waals surface area (Å²) in [5.74, 6) is 1.32. The molecule has 2 heterocycles. The standard InChI is InChI=1S/C20H27N3O2S/c1-25-18-7-2-5-16(11-18)12-21-20(24)22-13-17-6-3-9-23(14-17)15-19-8-4-10-26-19/h2,4-5,7-8,10-11,17H,3,6,9,12-15H2,1H3,(H2,21,22,24). The smallest absolute Gasteiger partial charge is 0.315 e. The number of urea groups is 1. The van der Waals surface area contributed by atoms with Crippen molar-refractivity contribution in [2.45, 2.75) is 25.9 Å². The predicted molar refractivity (Wildman–Crippen MR) is 106 cm³/mol. The first-order valence-corrected chi connectivity index (χ1v) is 10.0. The van der Waals surface area contributed by atoms with Crippen LogP contribution in [0.15, 0.2) is 41.8 Å². The fourth-order valence-corrected chi connectivity index (χ4v) is 4.09. The van der Waals surface area contributed by atoms with Crippen LogP contribution in [0.2, 0.25) is 0 Å². The van der Waals surface area contributed by atoms with E-state index in [0.717, 1.165) is 37.5 Å². The van der Waals surface area contributed by atoms with Crippen molar-refractivity contribution in [2.75, 3.05) is 26.7 Å². The Morgan fingerprint density at radius 3 is 3.04 bits per heavy atom. The molecule has 2 aromatic rings. The highest BCUT2D eigenvalue weighted by Gasteiger charge is 2.20. The molecule has 2 amide bonds. The molecule has 3 rings (SSSR count). The number of hydrogen-bond donors (Lipinski definition) is 2. The van der Waals surface area contributed by atoms with E-state index in [0.29, 0.717) is 12.5 Å². The first-order chi connectivity index (χ1) is 12.7. The Labute approximate surface area is 159 Å². The molecule has 0 spiro atoms. The van der Waals surface area contributed by atoms with Gasteiger partial charge in [0.25, 0.3) is 0 Å². The number of nitrogens with zero attached hydrogens (tertiary/aromatic N) is 1. The van der Waals surface area contributed by atoms with Crippen LogP contribution in [0.5, 0.6) is 5.75 Å². The van der Waals surface area contributed by atoms with Crippen LogP contribution in [0.25, 0.3) is 0 Å². The topological polar surface area (TPSA) is 53.6 Å². The van der Waals surface area contributed by atoms with Crippen molar-refractivity contribution < 1.29 is 9.53 Å². The number of carbonyl (C=O) groups is 1. The van der Waals surface area contributed by atoms with Gasteiger partial charge in [-0.15, -0.1) is 11.3 Å². The lowest BCUT2D eigenvalue weighted by atomic mass is 9.98. The summed E-state index contributed by atoms with van der Waals surface area (Å²) < 4.78 is 5.20. The number of carbonyl (C=O) groups excluding carboxylic acids is 1. The minimum absolute atomic E-state index is 0.108. The Morgan fingerprint density at radius 1 is 1.31 bits per heavy atom. The van der Waals surface area contributed by atoms with Crippen LogP contribution in [0, 0.1) is 5.92 Å². The molecule has 6 heteroatoms. The van der Waals surface area contributed by atoms with Crippen molar-refractivity contribution in [3.63, 3.8) is 0 Å². The van der Waals surface area contributed by atoms with Gasteiger partial charge in [-0.25, -0.2) is 4.79 Å². The van der Waals surface area contributed by atoms with Gasteiger partial charge in [-0.05, 0) is 54.4 Å². The third kappa shape index (κ3) is 5.75. The van der Waals surface area contributed by atoms with E-state index in [2.05, 4.69) is 33.0 Å². The maximum Gasteiger partial charge on any atom is 0.315 e. The zero-order valence-electron chi connectivity index (χ0n) is 15.2. The van der Waals surface area contributed by atoms with Crippen LogP contribution in [0.1, 0.15) is 23.3 Å². The highest BCUT2D eigenvalue weighted by Crippen LogP contribution is 2.20. The van der Waals surface area contributed by atoms with Crippen molar-refractivity contribution in [3.8, 4) is 5.75 Å². The van der Waals surface area contributed by atoms with Crippen molar-refractivity contribution >= 4 is 17.4 Å². The first-order valence-electron chi connectivity index (χ1n) is 9.12. The van der Waals surface area contributed by atoms with E-state index in [9.17, 15) is 4.79 Å². The van der Waals surface area contributed by atoms with E-state index in [1.807, 2.05) is 35.6 Å². The van der Waals surface area contributed by atoms with Crippen molar-refractivity contribution in [1.82, 2.24) is 15.5 Å². The van der Waals surface area contributed by atoms with E-state index < -0.39 is 0 Å². The number of hydrogen-bond acceptors (Lipinski definition) is 4. The number of benzene rings is 1. The third-order valence-electron chi connectivity index (χ3n) is 4.70. The molecule has 1 aromatic heterocycles. The van der Waals surface area contributed by atoms with E-state index in [-0.39, 0.29) is 6.03 Å². The van der Waals surface area contributed by atoms with Gasteiger partial charge >= 0.3 is 6.03 Å². The quantitative estimate of drug-likeness (QED) is 0.781. The maximum absolute atomic E-state index is 12.1. The molecule has 0 radical (unpaired) electrons. The lowest BCUT2D eigenvalue weighted by Gasteiger charge is -2.32. The molecule has 1 aliphatic rings. The fraction of sp³-hybridized carbons (Fsp3) is 0.450. The number of ether oxygens (including phenoxy) is 1. The van der Waals surface area contributed by atoms with Crippen LogP contribution in [-0.4, -0.2) is 37.7 Å². The van der Waals surface area contributed by atoms with Crippen molar-refractivity contribution in [1.29, 1.82) is 0 Å². The largest absolute Gasteiger partial charge is 0.497 e. The molecular weight excluding hydrogens is 346 g/mol. The van der Waals surface area contributed by atoms with Crippen LogP contribution in [0.3, 0.4) is 0 Å². The molecule has 1 unspecified atom stereocenters. The maximum atomic E-state index is 12.1. The summed E-state index contributed by atoms with van der Waals surface area (Å²) in [6, 6.07) is 11.9. The molecule has 0 bridgehead atoms. The summed E-state index contributed by atoms with van der Waals surface area (Å²) in [6.45, 7) is 4.45. The van der Waals surface area contributed by atoms with Crippen LogP contribution in [-0.2, 0) is 13.1 Å². The number of rotatable bonds is 7. The van der Waals surface area contributed by atoms with Crippen molar-refractivity contribution in [2.24, 2.45) is 5.92 Å². The highest BCUT2D eigenvalue weighted by molar-refractivity contribution is 7.09. The number of thiophene rings is 1. The predicted octanol–water partition coefficient (Wildman–Crippen LogP) is 3.47. The third-order valence-corrected chi connectivity index (χ3v) is 5.56. The number of piperidine rings is 1.